The van der Waals surface area contributed by atoms with Crippen LogP contribution in [0.2, 0.25) is 0 Å². The van der Waals surface area contributed by atoms with E-state index in [0.717, 1.165) is 123 Å². The van der Waals surface area contributed by atoms with E-state index in [2.05, 4.69) is 92.0 Å². The van der Waals surface area contributed by atoms with Gasteiger partial charge in [0.25, 0.3) is 0 Å². The van der Waals surface area contributed by atoms with E-state index in [0.29, 0.717) is 27.0 Å². The number of hydrogen-bond acceptors (Lipinski definition) is 12. The van der Waals surface area contributed by atoms with E-state index in [1.54, 1.807) is 37.2 Å². The molecule has 9 heterocycles. The lowest BCUT2D eigenvalue weighted by Gasteiger charge is -2.32. The van der Waals surface area contributed by atoms with E-state index in [4.69, 9.17) is 18.8 Å². The van der Waals surface area contributed by atoms with Crippen LogP contribution in [0.25, 0.3) is 77.5 Å². The standard InChI is InChI=1S/C26H24FN5O.C17H28BNO3.C15H8FIN4/c1-2-28-11-4-12-33-19-8-6-17(7-9-19)24-21(27)15-31-26-25(24)20-13-22(30-16-23(20)32-26)18-5-3-10-29-14-18;1-6-19-12-7-13-20-15-10-8-14(9-11-15)18-21-16(2,3)17(4,5)22-18;16-10-6-20-15-13(14(10)17)9-4-11(19-7-12(9)21-15)8-2-1-3-18-5-8/h3,5-10,13-16,28H,2,4,11-12H2,1H3,(H,31,32);8-11,19H,6-7,12-13H2,1-5H3;1-7H,(H,20,21). The Hall–Kier alpha value is -6.97. The zero-order valence-electron chi connectivity index (χ0n) is 43.4. The molecular weight excluding hydrogens is 1080 g/mol. The number of nitrogens with zero attached hydrogens (tertiary/aromatic N) is 6. The first-order chi connectivity index (χ1) is 36.8. The van der Waals surface area contributed by atoms with Crippen molar-refractivity contribution in [2.24, 2.45) is 0 Å². The number of pyridine rings is 6. The van der Waals surface area contributed by atoms with Crippen molar-refractivity contribution < 1.29 is 27.6 Å². The largest absolute Gasteiger partial charge is 0.494 e. The molecule has 18 heteroatoms. The highest BCUT2D eigenvalue weighted by molar-refractivity contribution is 14.1. The molecule has 11 rings (SSSR count). The number of nitrogens with one attached hydrogen (secondary N) is 4. The minimum Gasteiger partial charge on any atom is -0.494 e. The van der Waals surface area contributed by atoms with Crippen LogP contribution in [-0.4, -0.2) is 97.6 Å². The average molecular weight is 1140 g/mol. The van der Waals surface area contributed by atoms with Crippen LogP contribution in [0, 0.1) is 15.2 Å². The molecule has 4 N–H and O–H groups in total. The number of ether oxygens (including phenoxy) is 2. The van der Waals surface area contributed by atoms with Crippen molar-refractivity contribution in [2.75, 3.05) is 39.4 Å². The van der Waals surface area contributed by atoms with Crippen molar-refractivity contribution in [3.05, 3.63) is 150 Å². The van der Waals surface area contributed by atoms with Gasteiger partial charge >= 0.3 is 7.12 Å². The summed E-state index contributed by atoms with van der Waals surface area (Å²) < 4.78 is 53.1. The van der Waals surface area contributed by atoms with Crippen molar-refractivity contribution in [3.63, 3.8) is 0 Å². The Morgan fingerprint density at radius 2 is 1.08 bits per heavy atom. The number of rotatable bonds is 16. The van der Waals surface area contributed by atoms with Gasteiger partial charge in [0.05, 0.1) is 75.2 Å². The second-order valence-electron chi connectivity index (χ2n) is 19.1. The Morgan fingerprint density at radius 1 is 0.592 bits per heavy atom. The lowest BCUT2D eigenvalue weighted by Crippen LogP contribution is -2.41. The summed E-state index contributed by atoms with van der Waals surface area (Å²) in [5.74, 6) is 0.964. The SMILES string of the molecule is CCNCCCOc1ccc(-c2c(F)cnc3[nH]c4cnc(-c5cccnc5)cc4c23)cc1.CCNCCCOc1ccc(B2OC(C)(C)C(C)(C)O2)cc1.Fc1cnc2[nH]c3cnc(-c4cccnc4)cc3c2c1I. The molecule has 0 spiro atoms. The Kier molecular flexibility index (Phi) is 17.3. The Morgan fingerprint density at radius 3 is 1.58 bits per heavy atom. The predicted octanol–water partition coefficient (Wildman–Crippen LogP) is 11.6. The van der Waals surface area contributed by atoms with Crippen LogP contribution in [0.5, 0.6) is 11.5 Å². The van der Waals surface area contributed by atoms with Gasteiger partial charge in [-0.1, -0.05) is 38.1 Å². The fourth-order valence-corrected chi connectivity index (χ4v) is 9.29. The first kappa shape index (κ1) is 53.8. The molecule has 0 amide bonds. The minimum atomic E-state index is -0.373. The van der Waals surface area contributed by atoms with E-state index in [1.165, 1.54) is 12.4 Å². The van der Waals surface area contributed by atoms with Gasteiger partial charge in [-0.25, -0.2) is 18.7 Å². The number of benzene rings is 2. The zero-order chi connectivity index (χ0) is 53.2. The molecule has 10 aromatic rings. The maximum atomic E-state index is 15.1. The van der Waals surface area contributed by atoms with Crippen molar-refractivity contribution in [1.29, 1.82) is 0 Å². The van der Waals surface area contributed by atoms with Crippen molar-refractivity contribution >= 4 is 79.0 Å². The fourth-order valence-electron chi connectivity index (χ4n) is 8.60. The lowest BCUT2D eigenvalue weighted by atomic mass is 9.79. The third-order valence-electron chi connectivity index (χ3n) is 13.4. The van der Waals surface area contributed by atoms with Crippen molar-refractivity contribution in [3.8, 4) is 45.1 Å². The number of aromatic nitrogens is 8. The average Bonchev–Trinajstić information content (AvgIpc) is 4.12. The van der Waals surface area contributed by atoms with Gasteiger partial charge in [-0.05, 0) is 161 Å². The summed E-state index contributed by atoms with van der Waals surface area (Å²) in [6.45, 7) is 17.7. The van der Waals surface area contributed by atoms with Gasteiger partial charge in [0.2, 0.25) is 0 Å². The molecule has 1 saturated heterocycles. The van der Waals surface area contributed by atoms with Gasteiger partial charge in [-0.15, -0.1) is 0 Å². The molecule has 1 fully saturated rings. The summed E-state index contributed by atoms with van der Waals surface area (Å²) in [6.07, 6.45) is 14.9. The van der Waals surface area contributed by atoms with Gasteiger partial charge in [0.15, 0.2) is 5.82 Å². The highest BCUT2D eigenvalue weighted by Gasteiger charge is 2.51. The molecule has 0 atom stereocenters. The van der Waals surface area contributed by atoms with E-state index in [1.807, 2.05) is 108 Å². The summed E-state index contributed by atoms with van der Waals surface area (Å²) in [5, 5.41) is 9.86. The molecule has 0 saturated carbocycles. The molecule has 8 aromatic heterocycles. The smallest absolute Gasteiger partial charge is 0.494 e. The predicted molar refractivity (Wildman–Crippen MR) is 307 cm³/mol. The Bertz CT molecular complexity index is 3520. The molecule has 2 aromatic carbocycles. The summed E-state index contributed by atoms with van der Waals surface area (Å²) >= 11 is 2.01. The van der Waals surface area contributed by atoms with E-state index in [-0.39, 0.29) is 30.0 Å². The highest BCUT2D eigenvalue weighted by Crippen LogP contribution is 2.39. The van der Waals surface area contributed by atoms with Crippen molar-refractivity contribution in [2.45, 2.75) is 65.6 Å². The minimum absolute atomic E-state index is 0.306. The molecule has 76 heavy (non-hydrogen) atoms. The Balaban J connectivity index is 0.000000145. The monoisotopic (exact) mass is 1140 g/mol. The molecule has 390 valence electrons. The highest BCUT2D eigenvalue weighted by atomic mass is 127. The second kappa shape index (κ2) is 24.4. The maximum absolute atomic E-state index is 15.1. The van der Waals surface area contributed by atoms with Crippen LogP contribution < -0.4 is 25.6 Å². The quantitative estimate of drug-likeness (QED) is 0.0411. The first-order valence-corrected chi connectivity index (χ1v) is 26.5. The first-order valence-electron chi connectivity index (χ1n) is 25.4. The van der Waals surface area contributed by atoms with Gasteiger partial charge in [-0.3, -0.25) is 19.9 Å². The fraction of sp³-hybridized carbons (Fsp3) is 0.276. The molecular formula is C58H60BF2IN10O4. The number of halogens is 3. The van der Waals surface area contributed by atoms with Crippen LogP contribution in [0.4, 0.5) is 8.78 Å². The van der Waals surface area contributed by atoms with Crippen LogP contribution in [0.1, 0.15) is 54.4 Å². The molecule has 1 aliphatic rings. The summed E-state index contributed by atoms with van der Waals surface area (Å²) in [5.41, 5.74) is 8.01. The molecule has 0 unspecified atom stereocenters. The van der Waals surface area contributed by atoms with Crippen LogP contribution >= 0.6 is 22.6 Å². The van der Waals surface area contributed by atoms with Gasteiger partial charge in [0.1, 0.15) is 28.6 Å². The number of hydrogen-bond donors (Lipinski definition) is 4. The molecule has 0 radical (unpaired) electrons. The van der Waals surface area contributed by atoms with Crippen LogP contribution in [0.3, 0.4) is 0 Å². The topological polar surface area (TPSA) is 170 Å². The molecule has 1 aliphatic heterocycles. The second-order valence-corrected chi connectivity index (χ2v) is 20.2. The zero-order valence-corrected chi connectivity index (χ0v) is 45.5. The Labute approximate surface area is 454 Å². The van der Waals surface area contributed by atoms with E-state index >= 15 is 4.39 Å². The van der Waals surface area contributed by atoms with Crippen LogP contribution in [0.15, 0.2) is 135 Å². The normalized spacial score (nSPS) is 13.7. The maximum Gasteiger partial charge on any atom is 0.494 e. The summed E-state index contributed by atoms with van der Waals surface area (Å²) in [7, 11) is -0.312. The number of fused-ring (bicyclic) bond motifs is 6. The van der Waals surface area contributed by atoms with Crippen LogP contribution in [-0.2, 0) is 9.31 Å². The van der Waals surface area contributed by atoms with E-state index in [9.17, 15) is 4.39 Å². The third kappa shape index (κ3) is 12.3. The van der Waals surface area contributed by atoms with Gasteiger partial charge < -0.3 is 39.4 Å². The van der Waals surface area contributed by atoms with Gasteiger partial charge in [-0.2, -0.15) is 0 Å². The lowest BCUT2D eigenvalue weighted by molar-refractivity contribution is 0.00578. The van der Waals surface area contributed by atoms with Gasteiger partial charge in [0, 0.05) is 63.0 Å². The van der Waals surface area contributed by atoms with E-state index < -0.39 is 0 Å². The molecule has 0 bridgehead atoms. The number of H-pyrrole nitrogens is 2. The number of aromatic amines is 2. The third-order valence-corrected chi connectivity index (χ3v) is 14.4. The molecule has 14 nitrogen and oxygen atoms in total. The summed E-state index contributed by atoms with van der Waals surface area (Å²) in [4.78, 5) is 32.1. The molecule has 0 aliphatic carbocycles. The van der Waals surface area contributed by atoms with Crippen molar-refractivity contribution in [1.82, 2.24) is 50.5 Å². The summed E-state index contributed by atoms with van der Waals surface area (Å²) in [6, 6.07) is 27.1.